The number of rotatable bonds is 2. The van der Waals surface area contributed by atoms with E-state index in [1.807, 2.05) is 0 Å². The maximum Gasteiger partial charge on any atom is 0.269 e. The Hall–Kier alpha value is -1.46. The van der Waals surface area contributed by atoms with E-state index in [0.29, 0.717) is 6.42 Å². The third kappa shape index (κ3) is 1.60. The molecule has 0 bridgehead atoms. The van der Waals surface area contributed by atoms with E-state index in [1.165, 1.54) is 12.1 Å². The first-order valence-corrected chi connectivity index (χ1v) is 4.76. The van der Waals surface area contributed by atoms with Crippen LogP contribution in [0.1, 0.15) is 17.2 Å². The van der Waals surface area contributed by atoms with Crippen LogP contribution in [0.25, 0.3) is 0 Å². The van der Waals surface area contributed by atoms with Gasteiger partial charge in [0.25, 0.3) is 5.69 Å². The highest BCUT2D eigenvalue weighted by atomic mass is 16.6. The van der Waals surface area contributed by atoms with Crippen LogP contribution in [0.15, 0.2) is 18.2 Å². The van der Waals surface area contributed by atoms with E-state index >= 15 is 0 Å². The average molecular weight is 208 g/mol. The van der Waals surface area contributed by atoms with E-state index in [1.54, 1.807) is 13.1 Å². The van der Waals surface area contributed by atoms with Crippen LogP contribution in [0.3, 0.4) is 0 Å². The summed E-state index contributed by atoms with van der Waals surface area (Å²) in [5, 5.41) is 23.3. The molecule has 1 aliphatic rings. The predicted molar refractivity (Wildman–Crippen MR) is 54.6 cm³/mol. The highest BCUT2D eigenvalue weighted by Gasteiger charge is 2.31. The molecule has 0 amide bonds. The van der Waals surface area contributed by atoms with Gasteiger partial charge < -0.3 is 10.4 Å². The van der Waals surface area contributed by atoms with E-state index < -0.39 is 11.0 Å². The number of aliphatic hydroxyl groups excluding tert-OH is 1. The summed E-state index contributed by atoms with van der Waals surface area (Å²) in [4.78, 5) is 10.2. The third-order valence-electron chi connectivity index (χ3n) is 2.80. The molecule has 5 heteroatoms. The Balaban J connectivity index is 2.44. The number of nitrogens with one attached hydrogen (secondary N) is 1. The number of non-ortho nitro benzene ring substituents is 1. The molecule has 1 unspecified atom stereocenters. The van der Waals surface area contributed by atoms with Gasteiger partial charge in [-0.05, 0) is 18.2 Å². The molecule has 5 nitrogen and oxygen atoms in total. The zero-order valence-electron chi connectivity index (χ0n) is 8.30. The summed E-state index contributed by atoms with van der Waals surface area (Å²) in [5.74, 6) is 0. The zero-order chi connectivity index (χ0) is 11.0. The summed E-state index contributed by atoms with van der Waals surface area (Å²) in [6, 6.07) is 4.53. The topological polar surface area (TPSA) is 75.4 Å². The predicted octanol–water partition coefficient (Wildman–Crippen LogP) is 0.772. The molecule has 0 spiro atoms. The number of hydrogen-bond donors (Lipinski definition) is 2. The quantitative estimate of drug-likeness (QED) is 0.556. The molecule has 80 valence electrons. The molecule has 1 aromatic rings. The van der Waals surface area contributed by atoms with Crippen molar-refractivity contribution in [3.8, 4) is 0 Å². The minimum atomic E-state index is -0.494. The fourth-order valence-corrected chi connectivity index (χ4v) is 2.07. The van der Waals surface area contributed by atoms with Gasteiger partial charge in [-0.1, -0.05) is 6.07 Å². The molecule has 2 atom stereocenters. The van der Waals surface area contributed by atoms with Gasteiger partial charge in [0.2, 0.25) is 0 Å². The second-order valence-corrected chi connectivity index (χ2v) is 3.68. The fraction of sp³-hybridized carbons (Fsp3) is 0.400. The lowest BCUT2D eigenvalue weighted by Gasteiger charge is -2.13. The van der Waals surface area contributed by atoms with Gasteiger partial charge in [-0.2, -0.15) is 0 Å². The minimum absolute atomic E-state index is 0.0723. The molecular weight excluding hydrogens is 196 g/mol. The van der Waals surface area contributed by atoms with E-state index in [9.17, 15) is 15.2 Å². The number of likely N-dealkylation sites (N-methyl/N-ethyl adjacent to an activating group) is 1. The largest absolute Gasteiger partial charge is 0.391 e. The van der Waals surface area contributed by atoms with Gasteiger partial charge in [-0.25, -0.2) is 0 Å². The molecule has 1 aliphatic carbocycles. The smallest absolute Gasteiger partial charge is 0.269 e. The fourth-order valence-electron chi connectivity index (χ4n) is 2.07. The van der Waals surface area contributed by atoms with Crippen LogP contribution in [0.2, 0.25) is 0 Å². The standard InChI is InChI=1S/C10H12N2O3/c1-11-10-8-5-7(12(14)15)3-2-6(8)4-9(10)13/h2-3,5,9-11,13H,4H2,1H3/t9-,10?/m1/s1. The molecule has 0 radical (unpaired) electrons. The Labute approximate surface area is 86.9 Å². The lowest BCUT2D eigenvalue weighted by molar-refractivity contribution is -0.384. The van der Waals surface area contributed by atoms with Crippen LogP contribution in [0.5, 0.6) is 0 Å². The van der Waals surface area contributed by atoms with Crippen molar-refractivity contribution in [3.05, 3.63) is 39.4 Å². The monoisotopic (exact) mass is 208 g/mol. The van der Waals surface area contributed by atoms with E-state index in [-0.39, 0.29) is 11.7 Å². The first-order valence-electron chi connectivity index (χ1n) is 4.76. The number of benzene rings is 1. The van der Waals surface area contributed by atoms with Gasteiger partial charge in [-0.15, -0.1) is 0 Å². The molecule has 0 saturated carbocycles. The Morgan fingerprint density at radius 3 is 2.93 bits per heavy atom. The van der Waals surface area contributed by atoms with E-state index in [4.69, 9.17) is 0 Å². The maximum atomic E-state index is 10.6. The number of nitrogens with zero attached hydrogens (tertiary/aromatic N) is 1. The van der Waals surface area contributed by atoms with Crippen molar-refractivity contribution < 1.29 is 10.0 Å². The van der Waals surface area contributed by atoms with Crippen molar-refractivity contribution in [1.82, 2.24) is 5.32 Å². The first kappa shape index (κ1) is 10.1. The highest BCUT2D eigenvalue weighted by molar-refractivity contribution is 5.45. The van der Waals surface area contributed by atoms with Gasteiger partial charge in [-0.3, -0.25) is 10.1 Å². The Kier molecular flexibility index (Phi) is 2.42. The van der Waals surface area contributed by atoms with Gasteiger partial charge in [0.1, 0.15) is 0 Å². The molecule has 0 aliphatic heterocycles. The van der Waals surface area contributed by atoms with E-state index in [0.717, 1.165) is 11.1 Å². The van der Waals surface area contributed by atoms with Crippen molar-refractivity contribution in [1.29, 1.82) is 0 Å². The van der Waals surface area contributed by atoms with Crippen LogP contribution < -0.4 is 5.32 Å². The molecule has 2 rings (SSSR count). The summed E-state index contributed by atoms with van der Waals surface area (Å²) in [6.45, 7) is 0. The minimum Gasteiger partial charge on any atom is -0.391 e. The summed E-state index contributed by atoms with van der Waals surface area (Å²) in [7, 11) is 1.74. The molecule has 0 saturated heterocycles. The SMILES string of the molecule is CNC1c2cc([N+](=O)[O-])ccc2C[C@H]1O. The van der Waals surface area contributed by atoms with Crippen LogP contribution >= 0.6 is 0 Å². The Morgan fingerprint density at radius 1 is 1.60 bits per heavy atom. The molecule has 0 heterocycles. The van der Waals surface area contributed by atoms with Crippen LogP contribution in [0.4, 0.5) is 5.69 Å². The number of fused-ring (bicyclic) bond motifs is 1. The van der Waals surface area contributed by atoms with Crippen LogP contribution in [-0.2, 0) is 6.42 Å². The molecule has 15 heavy (non-hydrogen) atoms. The lowest BCUT2D eigenvalue weighted by Crippen LogP contribution is -2.25. The summed E-state index contributed by atoms with van der Waals surface area (Å²) < 4.78 is 0. The number of hydrogen-bond acceptors (Lipinski definition) is 4. The van der Waals surface area contributed by atoms with Gasteiger partial charge >= 0.3 is 0 Å². The third-order valence-corrected chi connectivity index (χ3v) is 2.80. The van der Waals surface area contributed by atoms with Crippen LogP contribution in [0, 0.1) is 10.1 Å². The average Bonchev–Trinajstić information content (AvgIpc) is 2.51. The van der Waals surface area contributed by atoms with Crippen molar-refractivity contribution in [2.24, 2.45) is 0 Å². The zero-order valence-corrected chi connectivity index (χ0v) is 8.30. The normalized spacial score (nSPS) is 23.9. The maximum absolute atomic E-state index is 10.6. The van der Waals surface area contributed by atoms with Crippen molar-refractivity contribution in [2.75, 3.05) is 7.05 Å². The van der Waals surface area contributed by atoms with E-state index in [2.05, 4.69) is 5.32 Å². The van der Waals surface area contributed by atoms with Gasteiger partial charge in [0.15, 0.2) is 0 Å². The Bertz CT molecular complexity index is 406. The second-order valence-electron chi connectivity index (χ2n) is 3.68. The van der Waals surface area contributed by atoms with Crippen molar-refractivity contribution >= 4 is 5.69 Å². The van der Waals surface area contributed by atoms with Gasteiger partial charge in [0.05, 0.1) is 17.1 Å². The summed E-state index contributed by atoms with van der Waals surface area (Å²) >= 11 is 0. The molecule has 2 N–H and O–H groups in total. The Morgan fingerprint density at radius 2 is 2.33 bits per heavy atom. The lowest BCUT2D eigenvalue weighted by atomic mass is 10.1. The number of aliphatic hydroxyl groups is 1. The van der Waals surface area contributed by atoms with Crippen molar-refractivity contribution in [2.45, 2.75) is 18.6 Å². The molecule has 0 fully saturated rings. The number of nitro groups is 1. The highest BCUT2D eigenvalue weighted by Crippen LogP contribution is 2.33. The van der Waals surface area contributed by atoms with Gasteiger partial charge in [0, 0.05) is 18.6 Å². The first-order chi connectivity index (χ1) is 7.13. The van der Waals surface area contributed by atoms with Crippen molar-refractivity contribution in [3.63, 3.8) is 0 Å². The molecule has 1 aromatic carbocycles. The number of nitro benzene ring substituents is 1. The summed E-state index contributed by atoms with van der Waals surface area (Å²) in [6.07, 6.45) is 0.0609. The second kappa shape index (κ2) is 3.60. The molecule has 0 aromatic heterocycles. The molecular formula is C10H12N2O3. The van der Waals surface area contributed by atoms with Crippen LogP contribution in [-0.4, -0.2) is 23.2 Å². The summed E-state index contributed by atoms with van der Waals surface area (Å²) in [5.41, 5.74) is 1.88.